The number of carbonyl (C=O) groups excluding carboxylic acids is 3. The van der Waals surface area contributed by atoms with Crippen LogP contribution in [0.5, 0.6) is 0 Å². The summed E-state index contributed by atoms with van der Waals surface area (Å²) in [5.74, 6) is -2.93. The van der Waals surface area contributed by atoms with E-state index in [-0.39, 0.29) is 16.3 Å². The maximum atomic E-state index is 13.9. The van der Waals surface area contributed by atoms with Crippen LogP contribution in [0.25, 0.3) is 0 Å². The second-order valence-corrected chi connectivity index (χ2v) is 6.50. The molecule has 3 rings (SSSR count). The Morgan fingerprint density at radius 2 is 1.71 bits per heavy atom. The molecule has 2 aromatic carbocycles. The van der Waals surface area contributed by atoms with Crippen molar-refractivity contribution in [1.82, 2.24) is 10.6 Å². The number of benzene rings is 2. The smallest absolute Gasteiger partial charge is 0.314 e. The number of hydrogen-bond acceptors (Lipinski definition) is 3. The van der Waals surface area contributed by atoms with Crippen molar-refractivity contribution in [3.63, 3.8) is 0 Å². The van der Waals surface area contributed by atoms with Gasteiger partial charge < -0.3 is 5.32 Å². The van der Waals surface area contributed by atoms with E-state index in [0.29, 0.717) is 4.90 Å². The molecule has 2 N–H and O–H groups in total. The van der Waals surface area contributed by atoms with Gasteiger partial charge in [-0.3, -0.25) is 14.9 Å². The first-order valence-corrected chi connectivity index (χ1v) is 8.32. The van der Waals surface area contributed by atoms with E-state index in [4.69, 9.17) is 11.6 Å². The maximum absolute atomic E-state index is 13.9. The summed E-state index contributed by atoms with van der Waals surface area (Å²) in [7, 11) is 0. The number of anilines is 1. The van der Waals surface area contributed by atoms with E-state index < -0.39 is 29.7 Å². The van der Waals surface area contributed by atoms with E-state index in [2.05, 4.69) is 0 Å². The zero-order valence-corrected chi connectivity index (χ0v) is 15.1. The van der Waals surface area contributed by atoms with Gasteiger partial charge in [0.2, 0.25) is 0 Å². The predicted octanol–water partition coefficient (Wildman–Crippen LogP) is 3.39. The number of nitrogens with zero attached hydrogens (tertiary/aromatic N) is 1. The van der Waals surface area contributed by atoms with Crippen LogP contribution in [0.1, 0.15) is 15.9 Å². The highest BCUT2D eigenvalue weighted by atomic mass is 35.5. The van der Waals surface area contributed by atoms with E-state index in [1.807, 2.05) is 0 Å². The lowest BCUT2D eigenvalue weighted by Gasteiger charge is -2.30. The summed E-state index contributed by atoms with van der Waals surface area (Å²) in [4.78, 5) is 37.7. The fourth-order valence-corrected chi connectivity index (χ4v) is 2.91. The fourth-order valence-electron chi connectivity index (χ4n) is 2.69. The third-order valence-electron chi connectivity index (χ3n) is 4.16. The van der Waals surface area contributed by atoms with Crippen molar-refractivity contribution in [3.8, 4) is 0 Å². The third-order valence-corrected chi connectivity index (χ3v) is 4.49. The number of hydrogen-bond donors (Lipinski definition) is 2. The average Bonchev–Trinajstić information content (AvgIpc) is 2.87. The van der Waals surface area contributed by atoms with E-state index in [9.17, 15) is 27.6 Å². The van der Waals surface area contributed by atoms with Crippen molar-refractivity contribution in [2.24, 2.45) is 0 Å². The van der Waals surface area contributed by atoms with Crippen molar-refractivity contribution >= 4 is 35.1 Å². The van der Waals surface area contributed by atoms with Crippen LogP contribution in [0.3, 0.4) is 0 Å². The average molecular weight is 412 g/mol. The lowest BCUT2D eigenvalue weighted by atomic mass is 10.1. The number of amides is 4. The van der Waals surface area contributed by atoms with Crippen LogP contribution in [-0.4, -0.2) is 29.7 Å². The Hall–Kier alpha value is -3.07. The first-order chi connectivity index (χ1) is 13.1. The maximum Gasteiger partial charge on any atom is 0.440 e. The van der Waals surface area contributed by atoms with Gasteiger partial charge in [0, 0.05) is 0 Å². The number of halogens is 4. The topological polar surface area (TPSA) is 78.5 Å². The number of nitrogens with one attached hydrogen (secondary N) is 2. The van der Waals surface area contributed by atoms with Crippen LogP contribution in [0.4, 0.5) is 23.7 Å². The minimum atomic E-state index is -5.31. The molecule has 1 unspecified atom stereocenters. The Morgan fingerprint density at radius 1 is 1.11 bits per heavy atom. The minimum Gasteiger partial charge on any atom is -0.314 e. The molecule has 0 saturated carbocycles. The van der Waals surface area contributed by atoms with Crippen LogP contribution in [-0.2, 0) is 4.79 Å². The monoisotopic (exact) mass is 411 g/mol. The van der Waals surface area contributed by atoms with Crippen LogP contribution in [0.2, 0.25) is 5.02 Å². The highest BCUT2D eigenvalue weighted by Gasteiger charge is 2.69. The summed E-state index contributed by atoms with van der Waals surface area (Å²) < 4.78 is 41.6. The van der Waals surface area contributed by atoms with Gasteiger partial charge >= 0.3 is 12.2 Å². The van der Waals surface area contributed by atoms with Crippen molar-refractivity contribution in [1.29, 1.82) is 0 Å². The number of carbonyl (C=O) groups is 3. The Bertz CT molecular complexity index is 963. The summed E-state index contributed by atoms with van der Waals surface area (Å²) in [6, 6.07) is 9.80. The number of imide groups is 1. The van der Waals surface area contributed by atoms with Crippen molar-refractivity contribution in [2.45, 2.75) is 18.8 Å². The summed E-state index contributed by atoms with van der Waals surface area (Å²) in [5, 5.41) is 3.08. The molecule has 0 spiro atoms. The molecule has 1 aliphatic rings. The molecule has 0 radical (unpaired) electrons. The fraction of sp³-hybridized carbons (Fsp3) is 0.167. The number of aryl methyl sites for hydroxylation is 1. The molecule has 0 aromatic heterocycles. The quantitative estimate of drug-likeness (QED) is 0.760. The molecule has 4 amide bonds. The standard InChI is InChI=1S/C18H13ClF3N3O3/c1-10-6-8-11(9-7-10)25-15(27)17(18(20,21)22,24-16(25)28)23-14(26)12-4-2-3-5-13(12)19/h2-9H,1H3,(H,23,26)(H,24,28). The van der Waals surface area contributed by atoms with Crippen LogP contribution < -0.4 is 15.5 Å². The molecular formula is C18H13ClF3N3O3. The molecule has 6 nitrogen and oxygen atoms in total. The van der Waals surface area contributed by atoms with E-state index >= 15 is 0 Å². The molecular weight excluding hydrogens is 399 g/mol. The summed E-state index contributed by atoms with van der Waals surface area (Å²) in [5.41, 5.74) is -3.18. The van der Waals surface area contributed by atoms with Gasteiger partial charge in [0.1, 0.15) is 0 Å². The van der Waals surface area contributed by atoms with Crippen molar-refractivity contribution in [2.75, 3.05) is 4.90 Å². The Kier molecular flexibility index (Phi) is 4.80. The zero-order valence-electron chi connectivity index (χ0n) is 14.3. The van der Waals surface area contributed by atoms with Crippen LogP contribution in [0, 0.1) is 6.92 Å². The summed E-state index contributed by atoms with van der Waals surface area (Å²) >= 11 is 5.84. The molecule has 0 bridgehead atoms. The molecule has 0 aliphatic carbocycles. The molecule has 1 aliphatic heterocycles. The van der Waals surface area contributed by atoms with E-state index in [0.717, 1.165) is 5.56 Å². The van der Waals surface area contributed by atoms with Gasteiger partial charge in [-0.2, -0.15) is 13.2 Å². The lowest BCUT2D eigenvalue weighted by Crippen LogP contribution is -2.69. The van der Waals surface area contributed by atoms with Crippen LogP contribution in [0.15, 0.2) is 48.5 Å². The first-order valence-electron chi connectivity index (χ1n) is 7.94. The van der Waals surface area contributed by atoms with Gasteiger partial charge in [-0.15, -0.1) is 0 Å². The lowest BCUT2D eigenvalue weighted by molar-refractivity contribution is -0.197. The van der Waals surface area contributed by atoms with Gasteiger partial charge in [-0.25, -0.2) is 9.69 Å². The number of rotatable bonds is 3. The largest absolute Gasteiger partial charge is 0.440 e. The normalized spacial score (nSPS) is 19.5. The Labute approximate surface area is 162 Å². The van der Waals surface area contributed by atoms with E-state index in [1.54, 1.807) is 17.6 Å². The Balaban J connectivity index is 2.02. The van der Waals surface area contributed by atoms with Gasteiger partial charge in [0.15, 0.2) is 0 Å². The SMILES string of the molecule is Cc1ccc(N2C(=O)NC(NC(=O)c3ccccc3Cl)(C(F)(F)F)C2=O)cc1. The molecule has 146 valence electrons. The highest BCUT2D eigenvalue weighted by molar-refractivity contribution is 6.34. The van der Waals surface area contributed by atoms with Gasteiger partial charge in [0.25, 0.3) is 17.5 Å². The second kappa shape index (κ2) is 6.83. The molecule has 1 fully saturated rings. The van der Waals surface area contributed by atoms with Gasteiger partial charge in [0.05, 0.1) is 16.3 Å². The zero-order chi connectivity index (χ0) is 20.7. The highest BCUT2D eigenvalue weighted by Crippen LogP contribution is 2.36. The molecule has 28 heavy (non-hydrogen) atoms. The molecule has 1 atom stereocenters. The molecule has 10 heteroatoms. The van der Waals surface area contributed by atoms with Crippen molar-refractivity contribution < 1.29 is 27.6 Å². The van der Waals surface area contributed by atoms with Crippen LogP contribution >= 0.6 is 11.6 Å². The molecule has 2 aromatic rings. The first kappa shape index (κ1) is 19.7. The molecule has 1 heterocycles. The minimum absolute atomic E-state index is 0.0637. The van der Waals surface area contributed by atoms with E-state index in [1.165, 1.54) is 48.5 Å². The molecule has 1 saturated heterocycles. The van der Waals surface area contributed by atoms with Crippen molar-refractivity contribution in [3.05, 3.63) is 64.7 Å². The number of alkyl halides is 3. The number of urea groups is 1. The summed E-state index contributed by atoms with van der Waals surface area (Å²) in [6.07, 6.45) is -5.31. The predicted molar refractivity (Wildman–Crippen MR) is 94.9 cm³/mol. The van der Waals surface area contributed by atoms with Gasteiger partial charge in [-0.05, 0) is 31.2 Å². The third kappa shape index (κ3) is 3.18. The Morgan fingerprint density at radius 3 is 2.29 bits per heavy atom. The second-order valence-electron chi connectivity index (χ2n) is 6.09. The van der Waals surface area contributed by atoms with Gasteiger partial charge in [-0.1, -0.05) is 41.4 Å². The summed E-state index contributed by atoms with van der Waals surface area (Å²) in [6.45, 7) is 1.74.